The number of aromatic nitrogens is 1. The summed E-state index contributed by atoms with van der Waals surface area (Å²) in [7, 11) is 0. The third-order valence-electron chi connectivity index (χ3n) is 6.81. The molecule has 2 N–H and O–H groups in total. The molecular formula is C25H31F2N3O2. The first kappa shape index (κ1) is 22.8. The van der Waals surface area contributed by atoms with Crippen molar-refractivity contribution in [3.8, 4) is 0 Å². The molecule has 1 aliphatic heterocycles. The zero-order valence-corrected chi connectivity index (χ0v) is 18.4. The number of amides is 1. The van der Waals surface area contributed by atoms with E-state index >= 15 is 0 Å². The highest BCUT2D eigenvalue weighted by atomic mass is 19.3. The van der Waals surface area contributed by atoms with Crippen LogP contribution in [0.25, 0.3) is 0 Å². The Morgan fingerprint density at radius 3 is 2.50 bits per heavy atom. The molecule has 1 saturated heterocycles. The van der Waals surface area contributed by atoms with Crippen molar-refractivity contribution >= 4 is 5.91 Å². The molecule has 1 amide bonds. The summed E-state index contributed by atoms with van der Waals surface area (Å²) in [5.41, 5.74) is 0.433. The molecule has 0 radical (unpaired) electrons. The first-order chi connectivity index (χ1) is 15.3. The first-order valence-corrected chi connectivity index (χ1v) is 11.4. The summed E-state index contributed by atoms with van der Waals surface area (Å²) in [6.45, 7) is 4.32. The van der Waals surface area contributed by atoms with Crippen LogP contribution >= 0.6 is 0 Å². The number of pyridine rings is 1. The Morgan fingerprint density at radius 1 is 1.16 bits per heavy atom. The number of rotatable bonds is 6. The smallest absolute Gasteiger partial charge is 0.257 e. The van der Waals surface area contributed by atoms with E-state index in [2.05, 4.69) is 15.2 Å². The molecule has 1 aromatic carbocycles. The van der Waals surface area contributed by atoms with Gasteiger partial charge < -0.3 is 10.4 Å². The number of carbonyl (C=O) groups is 1. The number of alkyl halides is 2. The Morgan fingerprint density at radius 2 is 1.88 bits per heavy atom. The van der Waals surface area contributed by atoms with Crippen LogP contribution in [0.2, 0.25) is 0 Å². The van der Waals surface area contributed by atoms with Gasteiger partial charge in [0.25, 0.3) is 5.91 Å². The van der Waals surface area contributed by atoms with Crippen molar-refractivity contribution in [2.75, 3.05) is 13.1 Å². The van der Waals surface area contributed by atoms with E-state index in [1.165, 1.54) is 0 Å². The summed E-state index contributed by atoms with van der Waals surface area (Å²) in [6.07, 6.45) is 0.819. The van der Waals surface area contributed by atoms with Crippen molar-refractivity contribution in [3.05, 3.63) is 65.5 Å². The third kappa shape index (κ3) is 4.99. The molecule has 0 bridgehead atoms. The van der Waals surface area contributed by atoms with Crippen molar-refractivity contribution < 1.29 is 18.7 Å². The van der Waals surface area contributed by atoms with E-state index in [1.54, 1.807) is 30.3 Å². The second kappa shape index (κ2) is 9.24. The van der Waals surface area contributed by atoms with Gasteiger partial charge in [0.05, 0.1) is 5.69 Å². The number of hydrogen-bond donors (Lipinski definition) is 2. The normalized spacial score (nSPS) is 23.6. The van der Waals surface area contributed by atoms with E-state index in [4.69, 9.17) is 0 Å². The van der Waals surface area contributed by atoms with E-state index < -0.39 is 29.8 Å². The number of likely N-dealkylation sites (tertiary alicyclic amines) is 1. The van der Waals surface area contributed by atoms with Gasteiger partial charge in [-0.3, -0.25) is 14.7 Å². The van der Waals surface area contributed by atoms with E-state index in [1.807, 2.05) is 25.1 Å². The van der Waals surface area contributed by atoms with Gasteiger partial charge in [-0.15, -0.1) is 0 Å². The second-order valence-corrected chi connectivity index (χ2v) is 9.22. The molecule has 2 heterocycles. The number of halogens is 2. The largest absolute Gasteiger partial charge is 0.375 e. The lowest BCUT2D eigenvalue weighted by atomic mass is 9.79. The van der Waals surface area contributed by atoms with Gasteiger partial charge in [-0.25, -0.2) is 8.78 Å². The van der Waals surface area contributed by atoms with Crippen LogP contribution in [0.4, 0.5) is 8.78 Å². The fraction of sp³-hybridized carbons (Fsp3) is 0.520. The van der Waals surface area contributed by atoms with E-state index in [0.717, 1.165) is 43.9 Å². The van der Waals surface area contributed by atoms with Crippen LogP contribution in [0, 0.1) is 12.8 Å². The summed E-state index contributed by atoms with van der Waals surface area (Å²) in [4.78, 5) is 20.2. The van der Waals surface area contributed by atoms with Gasteiger partial charge >= 0.3 is 0 Å². The number of aryl methyl sites for hydroxylation is 1. The third-order valence-corrected chi connectivity index (χ3v) is 6.81. The van der Waals surface area contributed by atoms with Crippen molar-refractivity contribution in [3.63, 3.8) is 0 Å². The zero-order valence-electron chi connectivity index (χ0n) is 18.4. The highest BCUT2D eigenvalue weighted by Gasteiger charge is 2.53. The quantitative estimate of drug-likeness (QED) is 0.713. The lowest BCUT2D eigenvalue weighted by molar-refractivity contribution is -0.149. The Bertz CT molecular complexity index is 932. The van der Waals surface area contributed by atoms with Crippen molar-refractivity contribution in [2.24, 2.45) is 5.92 Å². The number of nitrogens with zero attached hydrogens (tertiary/aromatic N) is 2. The summed E-state index contributed by atoms with van der Waals surface area (Å²) in [5.74, 6) is -4.22. The van der Waals surface area contributed by atoms with Gasteiger partial charge in [-0.2, -0.15) is 0 Å². The monoisotopic (exact) mass is 443 g/mol. The van der Waals surface area contributed by atoms with Crippen LogP contribution in [-0.2, 0) is 16.9 Å². The van der Waals surface area contributed by atoms with Crippen molar-refractivity contribution in [2.45, 2.75) is 63.1 Å². The Hall–Kier alpha value is -2.38. The fourth-order valence-corrected chi connectivity index (χ4v) is 5.00. The molecule has 32 heavy (non-hydrogen) atoms. The molecular weight excluding hydrogens is 412 g/mol. The molecule has 0 spiro atoms. The summed E-state index contributed by atoms with van der Waals surface area (Å²) < 4.78 is 27.9. The highest BCUT2D eigenvalue weighted by Crippen LogP contribution is 2.47. The van der Waals surface area contributed by atoms with Crippen LogP contribution in [0.15, 0.2) is 48.5 Å². The van der Waals surface area contributed by atoms with Crippen molar-refractivity contribution in [1.82, 2.24) is 15.2 Å². The van der Waals surface area contributed by atoms with Crippen molar-refractivity contribution in [1.29, 1.82) is 0 Å². The number of carbonyl (C=O) groups excluding carboxylic acids is 1. The Kier molecular flexibility index (Phi) is 6.58. The second-order valence-electron chi connectivity index (χ2n) is 9.22. The van der Waals surface area contributed by atoms with Gasteiger partial charge in [0.15, 0.2) is 5.60 Å². The number of benzene rings is 1. The predicted molar refractivity (Wildman–Crippen MR) is 118 cm³/mol. The van der Waals surface area contributed by atoms with E-state index in [0.29, 0.717) is 5.56 Å². The average molecular weight is 444 g/mol. The maximum Gasteiger partial charge on any atom is 0.257 e. The van der Waals surface area contributed by atoms with Crippen LogP contribution in [-0.4, -0.2) is 46.0 Å². The molecule has 2 fully saturated rings. The van der Waals surface area contributed by atoms with Crippen LogP contribution in [0.1, 0.15) is 49.1 Å². The minimum absolute atomic E-state index is 0.0960. The predicted octanol–water partition coefficient (Wildman–Crippen LogP) is 3.79. The maximum atomic E-state index is 14.0. The number of aliphatic hydroxyl groups is 1. The van der Waals surface area contributed by atoms with Crippen LogP contribution in [0.3, 0.4) is 0 Å². The molecule has 2 aliphatic rings. The fourth-order valence-electron chi connectivity index (χ4n) is 5.00. The molecule has 1 aromatic heterocycles. The average Bonchev–Trinajstić information content (AvgIpc) is 3.15. The van der Waals surface area contributed by atoms with Gasteiger partial charge in [-0.1, -0.05) is 36.4 Å². The molecule has 4 rings (SSSR count). The van der Waals surface area contributed by atoms with Gasteiger partial charge in [0.2, 0.25) is 5.92 Å². The molecule has 172 valence electrons. The van der Waals surface area contributed by atoms with Gasteiger partial charge in [0, 0.05) is 50.1 Å². The lowest BCUT2D eigenvalue weighted by Crippen LogP contribution is -2.54. The van der Waals surface area contributed by atoms with E-state index in [9.17, 15) is 18.7 Å². The zero-order chi connectivity index (χ0) is 22.8. The van der Waals surface area contributed by atoms with Crippen LogP contribution < -0.4 is 5.32 Å². The van der Waals surface area contributed by atoms with E-state index in [-0.39, 0.29) is 18.9 Å². The highest BCUT2D eigenvalue weighted by molar-refractivity contribution is 5.87. The molecule has 7 heteroatoms. The summed E-state index contributed by atoms with van der Waals surface area (Å²) in [5, 5.41) is 14.5. The minimum Gasteiger partial charge on any atom is -0.375 e. The summed E-state index contributed by atoms with van der Waals surface area (Å²) in [6, 6.07) is 14.4. The number of piperidine rings is 1. The standard InChI is InChI=1S/C25H31F2N3O2/c1-18-6-5-9-22(28-18)17-30-14-11-21(12-15-30)29-23(31)25(32,19-7-3-2-4-8-19)20-10-13-24(26,27)16-20/h2-9,20-21,32H,10-17H2,1H3,(H,29,31)/t20-,25+/m1/s1. The van der Waals surface area contributed by atoms with Gasteiger partial charge in [0.1, 0.15) is 0 Å². The SMILES string of the molecule is Cc1cccc(CN2CCC(NC(=O)[C@](O)(c3ccccc3)[C@@H]3CCC(F)(F)C3)CC2)n1. The molecule has 5 nitrogen and oxygen atoms in total. The molecule has 1 aliphatic carbocycles. The number of hydrogen-bond acceptors (Lipinski definition) is 4. The maximum absolute atomic E-state index is 14.0. The topological polar surface area (TPSA) is 65.5 Å². The Balaban J connectivity index is 1.41. The number of nitrogens with one attached hydrogen (secondary N) is 1. The Labute approximate surface area is 187 Å². The van der Waals surface area contributed by atoms with Crippen LogP contribution in [0.5, 0.6) is 0 Å². The molecule has 2 atom stereocenters. The summed E-state index contributed by atoms with van der Waals surface area (Å²) >= 11 is 0. The molecule has 1 saturated carbocycles. The minimum atomic E-state index is -2.84. The first-order valence-electron chi connectivity index (χ1n) is 11.4. The molecule has 0 unspecified atom stereocenters. The van der Waals surface area contributed by atoms with Gasteiger partial charge in [-0.05, 0) is 43.9 Å². The lowest BCUT2D eigenvalue weighted by Gasteiger charge is -2.37. The molecule has 2 aromatic rings.